The molecule has 0 radical (unpaired) electrons. The number of aryl methyl sites for hydroxylation is 1. The molecule has 6 nitrogen and oxygen atoms in total. The molecule has 0 aromatic heterocycles. The number of rotatable bonds is 7. The Hall–Kier alpha value is -1.60. The molecular weight excluding hydrogens is 366 g/mol. The SMILES string of the molecule is CCOC(=O)C1CCN(S(=O)(=O)c2cc(C(C)C)c(C)cc2OCC)CC1. The zero-order chi connectivity index (χ0) is 20.2. The average Bonchev–Trinajstić information content (AvgIpc) is 2.62. The van der Waals surface area contributed by atoms with Gasteiger partial charge in [-0.1, -0.05) is 13.8 Å². The second-order valence-electron chi connectivity index (χ2n) is 7.17. The molecule has 0 atom stereocenters. The van der Waals surface area contributed by atoms with Gasteiger partial charge >= 0.3 is 5.97 Å². The van der Waals surface area contributed by atoms with E-state index in [1.807, 2.05) is 33.8 Å². The molecular formula is C20H31NO5S. The Morgan fingerprint density at radius 3 is 2.33 bits per heavy atom. The Kier molecular flexibility index (Phi) is 7.28. The fourth-order valence-electron chi connectivity index (χ4n) is 3.50. The van der Waals surface area contributed by atoms with Crippen molar-refractivity contribution >= 4 is 16.0 Å². The third kappa shape index (κ3) is 4.82. The Morgan fingerprint density at radius 2 is 1.81 bits per heavy atom. The van der Waals surface area contributed by atoms with Crippen LogP contribution in [0.2, 0.25) is 0 Å². The van der Waals surface area contributed by atoms with E-state index in [9.17, 15) is 13.2 Å². The molecule has 2 rings (SSSR count). The van der Waals surface area contributed by atoms with Gasteiger partial charge < -0.3 is 9.47 Å². The number of benzene rings is 1. The highest BCUT2D eigenvalue weighted by atomic mass is 32.2. The summed E-state index contributed by atoms with van der Waals surface area (Å²) < 4.78 is 38.8. The van der Waals surface area contributed by atoms with Gasteiger partial charge in [0, 0.05) is 13.1 Å². The third-order valence-corrected chi connectivity index (χ3v) is 6.87. The maximum atomic E-state index is 13.3. The number of hydrogen-bond acceptors (Lipinski definition) is 5. The van der Waals surface area contributed by atoms with Gasteiger partial charge in [0.05, 0.1) is 19.1 Å². The minimum Gasteiger partial charge on any atom is -0.492 e. The molecule has 27 heavy (non-hydrogen) atoms. The summed E-state index contributed by atoms with van der Waals surface area (Å²) in [5.41, 5.74) is 2.02. The fraction of sp³-hybridized carbons (Fsp3) is 0.650. The lowest BCUT2D eigenvalue weighted by molar-refractivity contribution is -0.149. The van der Waals surface area contributed by atoms with Crippen molar-refractivity contribution in [2.24, 2.45) is 5.92 Å². The third-order valence-electron chi connectivity index (χ3n) is 4.95. The van der Waals surface area contributed by atoms with Crippen LogP contribution in [-0.4, -0.2) is 45.0 Å². The predicted molar refractivity (Wildman–Crippen MR) is 105 cm³/mol. The highest BCUT2D eigenvalue weighted by molar-refractivity contribution is 7.89. The van der Waals surface area contributed by atoms with Crippen LogP contribution in [-0.2, 0) is 19.6 Å². The topological polar surface area (TPSA) is 72.9 Å². The number of hydrogen-bond donors (Lipinski definition) is 0. The van der Waals surface area contributed by atoms with Gasteiger partial charge in [-0.2, -0.15) is 4.31 Å². The minimum absolute atomic E-state index is 0.212. The minimum atomic E-state index is -3.69. The smallest absolute Gasteiger partial charge is 0.309 e. The number of esters is 1. The van der Waals surface area contributed by atoms with E-state index in [1.165, 1.54) is 4.31 Å². The first-order valence-electron chi connectivity index (χ1n) is 9.66. The van der Waals surface area contributed by atoms with E-state index in [2.05, 4.69) is 0 Å². The number of ether oxygens (including phenoxy) is 2. The lowest BCUT2D eigenvalue weighted by Gasteiger charge is -2.31. The molecule has 1 aromatic carbocycles. The molecule has 1 aliphatic heterocycles. The van der Waals surface area contributed by atoms with Crippen LogP contribution in [0.4, 0.5) is 0 Å². The van der Waals surface area contributed by atoms with E-state index in [0.717, 1.165) is 11.1 Å². The van der Waals surface area contributed by atoms with E-state index in [-0.39, 0.29) is 22.7 Å². The van der Waals surface area contributed by atoms with Crippen LogP contribution in [0.3, 0.4) is 0 Å². The molecule has 1 heterocycles. The van der Waals surface area contributed by atoms with Crippen molar-refractivity contribution in [2.75, 3.05) is 26.3 Å². The monoisotopic (exact) mass is 397 g/mol. The largest absolute Gasteiger partial charge is 0.492 e. The van der Waals surface area contributed by atoms with E-state index < -0.39 is 10.0 Å². The Balaban J connectivity index is 2.31. The summed E-state index contributed by atoms with van der Waals surface area (Å²) in [5, 5.41) is 0. The maximum absolute atomic E-state index is 13.3. The lowest BCUT2D eigenvalue weighted by Crippen LogP contribution is -2.40. The Morgan fingerprint density at radius 1 is 1.19 bits per heavy atom. The summed E-state index contributed by atoms with van der Waals surface area (Å²) in [5.74, 6) is 0.144. The number of carbonyl (C=O) groups excluding carboxylic acids is 1. The molecule has 1 aliphatic rings. The van der Waals surface area contributed by atoms with Crippen molar-refractivity contribution in [3.63, 3.8) is 0 Å². The number of piperidine rings is 1. The molecule has 0 N–H and O–H groups in total. The van der Waals surface area contributed by atoms with Crippen LogP contribution in [0, 0.1) is 12.8 Å². The summed E-state index contributed by atoms with van der Waals surface area (Å²) in [6, 6.07) is 3.56. The summed E-state index contributed by atoms with van der Waals surface area (Å²) in [4.78, 5) is 12.1. The van der Waals surface area contributed by atoms with Gasteiger partial charge in [-0.05, 0) is 62.8 Å². The number of nitrogens with zero attached hydrogens (tertiary/aromatic N) is 1. The van der Waals surface area contributed by atoms with Crippen LogP contribution in [0.15, 0.2) is 17.0 Å². The van der Waals surface area contributed by atoms with Crippen molar-refractivity contribution in [3.05, 3.63) is 23.3 Å². The van der Waals surface area contributed by atoms with Crippen LogP contribution in [0.5, 0.6) is 5.75 Å². The Labute approximate surface area is 162 Å². The van der Waals surface area contributed by atoms with Crippen molar-refractivity contribution in [3.8, 4) is 5.75 Å². The summed E-state index contributed by atoms with van der Waals surface area (Å²) >= 11 is 0. The van der Waals surface area contributed by atoms with Crippen molar-refractivity contribution in [1.82, 2.24) is 4.31 Å². The first-order valence-corrected chi connectivity index (χ1v) is 11.1. The summed E-state index contributed by atoms with van der Waals surface area (Å²) in [7, 11) is -3.69. The standard InChI is InChI=1S/C20H31NO5S/c1-6-25-18-12-15(5)17(14(3)4)13-19(18)27(23,24)21-10-8-16(9-11-21)20(22)26-7-2/h12-14,16H,6-11H2,1-5H3. The highest BCUT2D eigenvalue weighted by Crippen LogP contribution is 2.34. The lowest BCUT2D eigenvalue weighted by atomic mass is 9.98. The van der Waals surface area contributed by atoms with E-state index in [1.54, 1.807) is 13.0 Å². The molecule has 0 spiro atoms. The van der Waals surface area contributed by atoms with Gasteiger partial charge in [0.15, 0.2) is 0 Å². The summed E-state index contributed by atoms with van der Waals surface area (Å²) in [6.07, 6.45) is 0.954. The molecule has 0 saturated carbocycles. The van der Waals surface area contributed by atoms with Gasteiger partial charge in [-0.15, -0.1) is 0 Å². The quantitative estimate of drug-likeness (QED) is 0.659. The first-order chi connectivity index (χ1) is 12.7. The second-order valence-corrected chi connectivity index (χ2v) is 9.08. The molecule has 0 unspecified atom stereocenters. The molecule has 152 valence electrons. The van der Waals surface area contributed by atoms with Crippen LogP contribution >= 0.6 is 0 Å². The average molecular weight is 398 g/mol. The van der Waals surface area contributed by atoms with Gasteiger partial charge in [0.25, 0.3) is 0 Å². The zero-order valence-electron chi connectivity index (χ0n) is 16.9. The number of sulfonamides is 1. The first kappa shape index (κ1) is 21.7. The molecule has 7 heteroatoms. The van der Waals surface area contributed by atoms with Crippen molar-refractivity contribution < 1.29 is 22.7 Å². The zero-order valence-corrected chi connectivity index (χ0v) is 17.8. The van der Waals surface area contributed by atoms with E-state index >= 15 is 0 Å². The van der Waals surface area contributed by atoms with Gasteiger partial charge in [0.2, 0.25) is 10.0 Å². The molecule has 0 bridgehead atoms. The predicted octanol–water partition coefficient (Wildman–Crippen LogP) is 3.48. The van der Waals surface area contributed by atoms with E-state index in [4.69, 9.17) is 9.47 Å². The maximum Gasteiger partial charge on any atom is 0.309 e. The van der Waals surface area contributed by atoms with Crippen LogP contribution in [0.25, 0.3) is 0 Å². The van der Waals surface area contributed by atoms with Gasteiger partial charge in [-0.25, -0.2) is 8.42 Å². The summed E-state index contributed by atoms with van der Waals surface area (Å²) in [6.45, 7) is 11.0. The van der Waals surface area contributed by atoms with Crippen molar-refractivity contribution in [2.45, 2.75) is 58.3 Å². The highest BCUT2D eigenvalue weighted by Gasteiger charge is 2.34. The van der Waals surface area contributed by atoms with E-state index in [0.29, 0.717) is 44.9 Å². The molecule has 1 saturated heterocycles. The second kappa shape index (κ2) is 9.06. The normalized spacial score (nSPS) is 16.5. The van der Waals surface area contributed by atoms with Gasteiger partial charge in [0.1, 0.15) is 10.6 Å². The molecule has 0 aliphatic carbocycles. The Bertz CT molecular complexity index is 765. The molecule has 0 amide bonds. The van der Waals surface area contributed by atoms with Crippen LogP contribution in [0.1, 0.15) is 57.6 Å². The van der Waals surface area contributed by atoms with Crippen LogP contribution < -0.4 is 4.74 Å². The molecule has 1 aromatic rings. The number of carbonyl (C=O) groups is 1. The molecule has 1 fully saturated rings. The fourth-order valence-corrected chi connectivity index (χ4v) is 5.12. The van der Waals surface area contributed by atoms with Crippen molar-refractivity contribution in [1.29, 1.82) is 0 Å². The van der Waals surface area contributed by atoms with Gasteiger partial charge in [-0.3, -0.25) is 4.79 Å².